The van der Waals surface area contributed by atoms with Crippen molar-refractivity contribution in [3.63, 3.8) is 0 Å². The number of thioether (sulfide) groups is 2. The van der Waals surface area contributed by atoms with Gasteiger partial charge in [0.25, 0.3) is 0 Å². The van der Waals surface area contributed by atoms with Crippen LogP contribution in [0.3, 0.4) is 0 Å². The maximum Gasteiger partial charge on any atom is 0.338 e. The van der Waals surface area contributed by atoms with Crippen molar-refractivity contribution in [3.05, 3.63) is 108 Å². The van der Waals surface area contributed by atoms with E-state index in [9.17, 15) is 20.1 Å². The van der Waals surface area contributed by atoms with Gasteiger partial charge in [-0.2, -0.15) is 0 Å². The number of benzene rings is 3. The average Bonchev–Trinajstić information content (AvgIpc) is 2.88. The molecule has 3 atom stereocenters. The molecule has 0 amide bonds. The standard InChI is InChI=1S/C26H28O5S2/c27-22(16-31-25(30)21-14-8-3-9-15-21)23(28)24(29)26(32-17-19-10-4-1-5-11-19)33-18-20-12-6-2-7-13-20/h1-15,22-24,26-29H,16-18H2/t22-,23-,24+/m1/s1. The van der Waals surface area contributed by atoms with Gasteiger partial charge in [-0.25, -0.2) is 4.79 Å². The normalized spacial score (nSPS) is 13.9. The Labute approximate surface area is 202 Å². The second-order valence-corrected chi connectivity index (χ2v) is 10.0. The third-order valence-electron chi connectivity index (χ3n) is 4.93. The monoisotopic (exact) mass is 484 g/mol. The lowest BCUT2D eigenvalue weighted by Crippen LogP contribution is -2.44. The van der Waals surface area contributed by atoms with E-state index in [1.54, 1.807) is 30.3 Å². The Morgan fingerprint density at radius 1 is 0.697 bits per heavy atom. The first kappa shape index (κ1) is 25.3. The van der Waals surface area contributed by atoms with Crippen molar-refractivity contribution < 1.29 is 24.9 Å². The van der Waals surface area contributed by atoms with Gasteiger partial charge < -0.3 is 20.1 Å². The highest BCUT2D eigenvalue weighted by molar-refractivity contribution is 8.16. The van der Waals surface area contributed by atoms with Gasteiger partial charge in [0.1, 0.15) is 24.9 Å². The minimum Gasteiger partial charge on any atom is -0.459 e. The van der Waals surface area contributed by atoms with Gasteiger partial charge in [0, 0.05) is 11.5 Å². The van der Waals surface area contributed by atoms with Crippen LogP contribution in [-0.2, 0) is 16.2 Å². The molecule has 0 unspecified atom stereocenters. The molecule has 0 saturated heterocycles. The summed E-state index contributed by atoms with van der Waals surface area (Å²) in [5.74, 6) is 0.705. The van der Waals surface area contributed by atoms with Crippen LogP contribution in [0, 0.1) is 0 Å². The quantitative estimate of drug-likeness (QED) is 0.263. The Bertz CT molecular complexity index is 913. The van der Waals surface area contributed by atoms with Crippen LogP contribution in [0.2, 0.25) is 0 Å². The van der Waals surface area contributed by atoms with E-state index in [1.807, 2.05) is 60.7 Å². The third-order valence-corrected chi connectivity index (χ3v) is 7.96. The molecule has 3 aromatic rings. The zero-order valence-electron chi connectivity index (χ0n) is 18.1. The molecule has 0 saturated carbocycles. The van der Waals surface area contributed by atoms with Crippen LogP contribution in [-0.4, -0.2) is 50.8 Å². The Hall–Kier alpha value is -2.29. The molecule has 3 rings (SSSR count). The number of carbonyl (C=O) groups excluding carboxylic acids is 1. The largest absolute Gasteiger partial charge is 0.459 e. The van der Waals surface area contributed by atoms with Crippen molar-refractivity contribution in [1.29, 1.82) is 0 Å². The summed E-state index contributed by atoms with van der Waals surface area (Å²) in [6.45, 7) is -0.411. The van der Waals surface area contributed by atoms with Crippen molar-refractivity contribution in [3.8, 4) is 0 Å². The Morgan fingerprint density at radius 3 is 1.64 bits per heavy atom. The van der Waals surface area contributed by atoms with Crippen molar-refractivity contribution in [2.75, 3.05) is 6.61 Å². The molecule has 0 aliphatic carbocycles. The summed E-state index contributed by atoms with van der Waals surface area (Å²) in [4.78, 5) is 12.1. The van der Waals surface area contributed by atoms with Crippen LogP contribution in [0.25, 0.3) is 0 Å². The molecule has 0 fully saturated rings. The number of hydrogen-bond acceptors (Lipinski definition) is 7. The van der Waals surface area contributed by atoms with Gasteiger partial charge in [-0.05, 0) is 23.3 Å². The van der Waals surface area contributed by atoms with E-state index in [-0.39, 0.29) is 0 Å². The Balaban J connectivity index is 1.59. The number of carbonyl (C=O) groups is 1. The van der Waals surface area contributed by atoms with E-state index in [1.165, 1.54) is 23.5 Å². The molecule has 0 radical (unpaired) electrons. The fourth-order valence-electron chi connectivity index (χ4n) is 3.06. The van der Waals surface area contributed by atoms with Gasteiger partial charge in [0.2, 0.25) is 0 Å². The first-order chi connectivity index (χ1) is 16.0. The van der Waals surface area contributed by atoms with Crippen LogP contribution in [0.4, 0.5) is 0 Å². The molecule has 5 nitrogen and oxygen atoms in total. The summed E-state index contributed by atoms with van der Waals surface area (Å²) in [6.07, 6.45) is -4.10. The number of ether oxygens (including phenoxy) is 1. The van der Waals surface area contributed by atoms with E-state index in [2.05, 4.69) is 0 Å². The summed E-state index contributed by atoms with van der Waals surface area (Å²) in [5.41, 5.74) is 2.56. The summed E-state index contributed by atoms with van der Waals surface area (Å²) in [6, 6.07) is 28.2. The van der Waals surface area contributed by atoms with E-state index in [0.29, 0.717) is 17.1 Å². The fourth-order valence-corrected chi connectivity index (χ4v) is 5.66. The lowest BCUT2D eigenvalue weighted by Gasteiger charge is -2.29. The predicted octanol–water partition coefficient (Wildman–Crippen LogP) is 4.12. The molecule has 0 heterocycles. The van der Waals surface area contributed by atoms with Crippen molar-refractivity contribution in [2.24, 2.45) is 0 Å². The smallest absolute Gasteiger partial charge is 0.338 e. The van der Waals surface area contributed by atoms with Crippen molar-refractivity contribution >= 4 is 29.5 Å². The van der Waals surface area contributed by atoms with Crippen LogP contribution in [0.15, 0.2) is 91.0 Å². The van der Waals surface area contributed by atoms with Crippen LogP contribution >= 0.6 is 23.5 Å². The molecular weight excluding hydrogens is 456 g/mol. The van der Waals surface area contributed by atoms with Gasteiger partial charge in [-0.1, -0.05) is 78.9 Å². The molecule has 0 aromatic heterocycles. The topological polar surface area (TPSA) is 87.0 Å². The van der Waals surface area contributed by atoms with Gasteiger partial charge >= 0.3 is 5.97 Å². The van der Waals surface area contributed by atoms with Crippen LogP contribution < -0.4 is 0 Å². The molecule has 3 aromatic carbocycles. The number of aliphatic hydroxyl groups excluding tert-OH is 3. The highest BCUT2D eigenvalue weighted by Crippen LogP contribution is 2.34. The SMILES string of the molecule is O=C(OC[C@@H](O)[C@@H](O)[C@H](O)C(SCc1ccccc1)SCc1ccccc1)c1ccccc1. The molecule has 3 N–H and O–H groups in total. The summed E-state index contributed by atoms with van der Waals surface area (Å²) in [5, 5.41) is 31.9. The maximum atomic E-state index is 12.1. The van der Waals surface area contributed by atoms with E-state index in [0.717, 1.165) is 11.1 Å². The van der Waals surface area contributed by atoms with Crippen LogP contribution in [0.1, 0.15) is 21.5 Å². The Morgan fingerprint density at radius 2 is 1.15 bits per heavy atom. The third kappa shape index (κ3) is 8.21. The molecule has 0 spiro atoms. The lowest BCUT2D eigenvalue weighted by atomic mass is 10.1. The zero-order valence-corrected chi connectivity index (χ0v) is 19.7. The van der Waals surface area contributed by atoms with Crippen molar-refractivity contribution in [1.82, 2.24) is 0 Å². The molecular formula is C26H28O5S2. The lowest BCUT2D eigenvalue weighted by molar-refractivity contribution is -0.0747. The first-order valence-electron chi connectivity index (χ1n) is 10.6. The first-order valence-corrected chi connectivity index (χ1v) is 12.7. The highest BCUT2D eigenvalue weighted by Gasteiger charge is 2.33. The highest BCUT2D eigenvalue weighted by atomic mass is 32.2. The van der Waals surface area contributed by atoms with E-state index in [4.69, 9.17) is 4.74 Å². The summed E-state index contributed by atoms with van der Waals surface area (Å²) < 4.78 is 4.72. The zero-order chi connectivity index (χ0) is 23.5. The van der Waals surface area contributed by atoms with E-state index < -0.39 is 35.5 Å². The number of hydrogen-bond donors (Lipinski definition) is 3. The summed E-state index contributed by atoms with van der Waals surface area (Å²) >= 11 is 3.01. The minimum atomic E-state index is -1.47. The van der Waals surface area contributed by atoms with Crippen molar-refractivity contribution in [2.45, 2.75) is 34.4 Å². The maximum absolute atomic E-state index is 12.1. The molecule has 0 aliphatic rings. The number of rotatable bonds is 12. The number of esters is 1. The molecule has 7 heteroatoms. The van der Waals surface area contributed by atoms with Gasteiger partial charge in [-0.3, -0.25) is 0 Å². The minimum absolute atomic E-state index is 0.356. The van der Waals surface area contributed by atoms with Gasteiger partial charge in [0.15, 0.2) is 0 Å². The predicted molar refractivity (Wildman–Crippen MR) is 134 cm³/mol. The molecule has 0 aliphatic heterocycles. The molecule has 33 heavy (non-hydrogen) atoms. The van der Waals surface area contributed by atoms with Gasteiger partial charge in [-0.15, -0.1) is 23.5 Å². The molecule has 0 bridgehead atoms. The second kappa shape index (κ2) is 13.4. The average molecular weight is 485 g/mol. The summed E-state index contributed by atoms with van der Waals surface area (Å²) in [7, 11) is 0. The van der Waals surface area contributed by atoms with Crippen LogP contribution in [0.5, 0.6) is 0 Å². The Kier molecular flexibility index (Phi) is 10.3. The second-order valence-electron chi connectivity index (χ2n) is 7.47. The fraction of sp³-hybridized carbons (Fsp3) is 0.269. The van der Waals surface area contributed by atoms with Gasteiger partial charge in [0.05, 0.1) is 10.1 Å². The molecule has 174 valence electrons. The number of aliphatic hydroxyl groups is 3. The van der Waals surface area contributed by atoms with E-state index >= 15 is 0 Å².